The van der Waals surface area contributed by atoms with Crippen LogP contribution in [0, 0.1) is 0 Å². The summed E-state index contributed by atoms with van der Waals surface area (Å²) in [6.07, 6.45) is 9.79. The number of halogens is 2. The Morgan fingerprint density at radius 1 is 0.952 bits per heavy atom. The maximum Gasteiger partial charge on any atom is 0.338 e. The monoisotopic (exact) mass is 330 g/mol. The van der Waals surface area contributed by atoms with E-state index in [4.69, 9.17) is 27.9 Å². The second-order valence-corrected chi connectivity index (χ2v) is 6.05. The van der Waals surface area contributed by atoms with Gasteiger partial charge in [0.15, 0.2) is 0 Å². The smallest absolute Gasteiger partial charge is 0.338 e. The van der Waals surface area contributed by atoms with Crippen LogP contribution in [0.3, 0.4) is 0 Å². The average molecular weight is 331 g/mol. The fourth-order valence-corrected chi connectivity index (χ4v) is 2.41. The molecule has 4 heteroatoms. The molecule has 2 nitrogen and oxygen atoms in total. The van der Waals surface area contributed by atoms with Crippen molar-refractivity contribution in [3.63, 3.8) is 0 Å². The van der Waals surface area contributed by atoms with Crippen molar-refractivity contribution in [3.05, 3.63) is 33.8 Å². The van der Waals surface area contributed by atoms with E-state index in [-0.39, 0.29) is 5.97 Å². The number of carbonyl (C=O) groups is 1. The van der Waals surface area contributed by atoms with E-state index in [1.54, 1.807) is 18.2 Å². The Morgan fingerprint density at radius 2 is 1.57 bits per heavy atom. The maximum atomic E-state index is 11.8. The molecule has 0 atom stereocenters. The molecule has 0 aliphatic carbocycles. The Kier molecular flexibility index (Phi) is 9.53. The third-order valence-electron chi connectivity index (χ3n) is 3.39. The molecule has 1 aromatic carbocycles. The summed E-state index contributed by atoms with van der Waals surface area (Å²) in [5, 5.41) is 0.814. The van der Waals surface area contributed by atoms with Crippen LogP contribution < -0.4 is 0 Å². The Labute approximate surface area is 137 Å². The number of ether oxygens (including phenoxy) is 1. The third-order valence-corrected chi connectivity index (χ3v) is 4.13. The van der Waals surface area contributed by atoms with Gasteiger partial charge in [0.2, 0.25) is 0 Å². The topological polar surface area (TPSA) is 26.3 Å². The second-order valence-electron chi connectivity index (χ2n) is 5.24. The zero-order valence-corrected chi connectivity index (χ0v) is 14.2. The molecule has 1 rings (SSSR count). The minimum Gasteiger partial charge on any atom is -0.462 e. The van der Waals surface area contributed by atoms with Gasteiger partial charge in [0.25, 0.3) is 0 Å². The van der Waals surface area contributed by atoms with Crippen LogP contribution in [-0.4, -0.2) is 12.6 Å². The van der Waals surface area contributed by atoms with E-state index in [1.807, 2.05) is 0 Å². The molecule has 0 aliphatic heterocycles. The van der Waals surface area contributed by atoms with Crippen molar-refractivity contribution in [2.75, 3.05) is 6.61 Å². The largest absolute Gasteiger partial charge is 0.462 e. The lowest BCUT2D eigenvalue weighted by Crippen LogP contribution is -2.06. The van der Waals surface area contributed by atoms with Gasteiger partial charge in [0.05, 0.1) is 22.2 Å². The molecule has 0 amide bonds. The van der Waals surface area contributed by atoms with Crippen LogP contribution in [-0.2, 0) is 4.74 Å². The van der Waals surface area contributed by atoms with Crippen LogP contribution in [0.4, 0.5) is 0 Å². The van der Waals surface area contributed by atoms with E-state index in [0.29, 0.717) is 22.2 Å². The number of esters is 1. The highest BCUT2D eigenvalue weighted by molar-refractivity contribution is 6.42. The molecule has 0 fully saturated rings. The van der Waals surface area contributed by atoms with Crippen molar-refractivity contribution < 1.29 is 9.53 Å². The predicted molar refractivity (Wildman–Crippen MR) is 89.4 cm³/mol. The van der Waals surface area contributed by atoms with E-state index in [9.17, 15) is 4.79 Å². The Balaban J connectivity index is 2.09. The highest BCUT2D eigenvalue weighted by Gasteiger charge is 2.09. The van der Waals surface area contributed by atoms with Crippen LogP contribution >= 0.6 is 23.2 Å². The van der Waals surface area contributed by atoms with Crippen molar-refractivity contribution in [2.24, 2.45) is 0 Å². The number of unbranched alkanes of at least 4 members (excludes halogenated alkanes) is 7. The molecule has 1 aromatic rings. The van der Waals surface area contributed by atoms with Gasteiger partial charge in [-0.05, 0) is 24.6 Å². The first kappa shape index (κ1) is 18.3. The van der Waals surface area contributed by atoms with Gasteiger partial charge in [-0.15, -0.1) is 0 Å². The maximum absolute atomic E-state index is 11.8. The minimum atomic E-state index is -0.337. The summed E-state index contributed by atoms with van der Waals surface area (Å²) in [5.41, 5.74) is 0.448. The number of hydrogen-bond acceptors (Lipinski definition) is 2. The van der Waals surface area contributed by atoms with Crippen molar-refractivity contribution >= 4 is 29.2 Å². The van der Waals surface area contributed by atoms with E-state index < -0.39 is 0 Å². The lowest BCUT2D eigenvalue weighted by atomic mass is 10.1. The molecule has 0 saturated heterocycles. The normalized spacial score (nSPS) is 10.6. The quantitative estimate of drug-likeness (QED) is 0.372. The molecule has 0 spiro atoms. The number of carbonyl (C=O) groups excluding carboxylic acids is 1. The Hall–Kier alpha value is -0.730. The summed E-state index contributed by atoms with van der Waals surface area (Å²) < 4.78 is 5.23. The van der Waals surface area contributed by atoms with E-state index in [1.165, 1.54) is 38.5 Å². The third kappa shape index (κ3) is 7.73. The number of rotatable bonds is 10. The Morgan fingerprint density at radius 3 is 2.19 bits per heavy atom. The summed E-state index contributed by atoms with van der Waals surface area (Å²) in [5.74, 6) is -0.337. The molecule has 118 valence electrons. The predicted octanol–water partition coefficient (Wildman–Crippen LogP) is 6.29. The van der Waals surface area contributed by atoms with E-state index in [2.05, 4.69) is 6.92 Å². The molecule has 0 heterocycles. The average Bonchev–Trinajstić information content (AvgIpc) is 2.48. The molecule has 0 N–H and O–H groups in total. The number of benzene rings is 1. The standard InChI is InChI=1S/C17H24Cl2O2/c1-2-3-4-5-6-7-8-9-12-21-17(20)14-10-11-15(18)16(19)13-14/h10-11,13H,2-9,12H2,1H3. The van der Waals surface area contributed by atoms with Crippen LogP contribution in [0.25, 0.3) is 0 Å². The molecule has 0 bridgehead atoms. The fraction of sp³-hybridized carbons (Fsp3) is 0.588. The van der Waals surface area contributed by atoms with Crippen molar-refractivity contribution in [2.45, 2.75) is 58.3 Å². The fourth-order valence-electron chi connectivity index (χ4n) is 2.11. The van der Waals surface area contributed by atoms with Crippen molar-refractivity contribution in [1.29, 1.82) is 0 Å². The van der Waals surface area contributed by atoms with Gasteiger partial charge >= 0.3 is 5.97 Å². The Bertz CT molecular complexity index is 433. The highest BCUT2D eigenvalue weighted by Crippen LogP contribution is 2.23. The van der Waals surface area contributed by atoms with Gasteiger partial charge < -0.3 is 4.74 Å². The van der Waals surface area contributed by atoms with E-state index in [0.717, 1.165) is 12.8 Å². The summed E-state index contributed by atoms with van der Waals surface area (Å²) in [7, 11) is 0. The first-order valence-corrected chi connectivity index (χ1v) is 8.53. The van der Waals surface area contributed by atoms with Gasteiger partial charge in [0, 0.05) is 0 Å². The van der Waals surface area contributed by atoms with Gasteiger partial charge in [-0.2, -0.15) is 0 Å². The first-order chi connectivity index (χ1) is 10.1. The molecule has 0 aromatic heterocycles. The lowest BCUT2D eigenvalue weighted by molar-refractivity contribution is 0.0497. The molecule has 0 unspecified atom stereocenters. The zero-order chi connectivity index (χ0) is 15.5. The molecule has 21 heavy (non-hydrogen) atoms. The summed E-state index contributed by atoms with van der Waals surface area (Å²) in [4.78, 5) is 11.8. The highest BCUT2D eigenvalue weighted by atomic mass is 35.5. The summed E-state index contributed by atoms with van der Waals surface area (Å²) in [6.45, 7) is 2.69. The number of hydrogen-bond donors (Lipinski definition) is 0. The van der Waals surface area contributed by atoms with Gasteiger partial charge in [-0.3, -0.25) is 0 Å². The molecular formula is C17H24Cl2O2. The van der Waals surface area contributed by atoms with Crippen molar-refractivity contribution in [3.8, 4) is 0 Å². The van der Waals surface area contributed by atoms with Gasteiger partial charge in [-0.25, -0.2) is 4.79 Å². The lowest BCUT2D eigenvalue weighted by Gasteiger charge is -2.06. The summed E-state index contributed by atoms with van der Waals surface area (Å²) in [6, 6.07) is 4.78. The molecule has 0 aliphatic rings. The van der Waals surface area contributed by atoms with Gasteiger partial charge in [0.1, 0.15) is 0 Å². The van der Waals surface area contributed by atoms with Gasteiger partial charge in [-0.1, -0.05) is 75.1 Å². The van der Waals surface area contributed by atoms with E-state index >= 15 is 0 Å². The second kappa shape index (κ2) is 10.9. The minimum absolute atomic E-state index is 0.337. The molecule has 0 radical (unpaired) electrons. The van der Waals surface area contributed by atoms with Crippen molar-refractivity contribution in [1.82, 2.24) is 0 Å². The van der Waals surface area contributed by atoms with Crippen LogP contribution in [0.1, 0.15) is 68.6 Å². The molecule has 0 saturated carbocycles. The molecular weight excluding hydrogens is 307 g/mol. The zero-order valence-electron chi connectivity index (χ0n) is 12.7. The van der Waals surface area contributed by atoms with Crippen LogP contribution in [0.15, 0.2) is 18.2 Å². The van der Waals surface area contributed by atoms with Crippen LogP contribution in [0.2, 0.25) is 10.0 Å². The first-order valence-electron chi connectivity index (χ1n) is 7.77. The SMILES string of the molecule is CCCCCCCCCCOC(=O)c1ccc(Cl)c(Cl)c1. The summed E-state index contributed by atoms with van der Waals surface area (Å²) >= 11 is 11.7. The van der Waals surface area contributed by atoms with Crippen LogP contribution in [0.5, 0.6) is 0 Å².